The van der Waals surface area contributed by atoms with E-state index in [4.69, 9.17) is 11.8 Å². The number of hydrogen-bond donors (Lipinski definition) is 3. The Hall–Kier alpha value is 0.168. The number of amides is 2. The van der Waals surface area contributed by atoms with E-state index in [0.717, 1.165) is 0 Å². The van der Waals surface area contributed by atoms with E-state index in [9.17, 15) is 4.79 Å². The van der Waals surface area contributed by atoms with Gasteiger partial charge < -0.3 is 0 Å². The van der Waals surface area contributed by atoms with Gasteiger partial charge in [-0.2, -0.15) is 4.53 Å². The molecule has 7 heteroatoms. The van der Waals surface area contributed by atoms with E-state index in [2.05, 4.69) is 11.7 Å². The Balaban J connectivity index is 0. The fourth-order valence-corrected chi connectivity index (χ4v) is 0.110. The van der Waals surface area contributed by atoms with Crippen molar-refractivity contribution < 1.29 is 25.9 Å². The van der Waals surface area contributed by atoms with E-state index in [0.29, 0.717) is 4.53 Å². The molecule has 0 unspecified atom stereocenters. The van der Waals surface area contributed by atoms with Gasteiger partial charge >= 0.3 is 6.03 Å². The summed E-state index contributed by atoms with van der Waals surface area (Å²) >= 11 is 4.85. The van der Waals surface area contributed by atoms with E-state index in [1.807, 2.05) is 0 Å². The van der Waals surface area contributed by atoms with Gasteiger partial charge in [-0.05, 0) is 0 Å². The van der Waals surface area contributed by atoms with Crippen molar-refractivity contribution in [2.45, 2.75) is 0 Å². The number of urea groups is 1. The maximum Gasteiger partial charge on any atom is 0.360 e. The van der Waals surface area contributed by atoms with Crippen LogP contribution in [0.3, 0.4) is 0 Å². The van der Waals surface area contributed by atoms with Gasteiger partial charge in [0.1, 0.15) is 0 Å². The Bertz CT molecular complexity index is 76.4. The number of nitrogens with one attached hydrogen (secondary N) is 1. The van der Waals surface area contributed by atoms with Crippen molar-refractivity contribution in [1.29, 1.82) is 0 Å². The van der Waals surface area contributed by atoms with Crippen LogP contribution in [-0.4, -0.2) is 10.6 Å². The molecular formula is CH5ClN4OPt. The van der Waals surface area contributed by atoms with Gasteiger partial charge in [0.25, 0.3) is 0 Å². The molecule has 0 aliphatic rings. The molecule has 0 aromatic carbocycles. The minimum atomic E-state index is -0.748. The van der Waals surface area contributed by atoms with Crippen molar-refractivity contribution in [3.05, 3.63) is 0 Å². The third-order valence-electron chi connectivity index (χ3n) is 0.317. The maximum absolute atomic E-state index is 9.94. The van der Waals surface area contributed by atoms with E-state index >= 15 is 0 Å². The van der Waals surface area contributed by atoms with Crippen LogP contribution in [0.1, 0.15) is 0 Å². The summed E-state index contributed by atoms with van der Waals surface area (Å²) < 4.78 is 0.319. The SMILES string of the molecule is NNC(=O)N(N)Cl.[Pt]. The van der Waals surface area contributed by atoms with Gasteiger partial charge in [0.2, 0.25) is 0 Å². The predicted molar refractivity (Wildman–Crippen MR) is 24.6 cm³/mol. The Morgan fingerprint density at radius 1 is 1.75 bits per heavy atom. The predicted octanol–water partition coefficient (Wildman–Crippen LogP) is -1.10. The molecule has 0 fully saturated rings. The van der Waals surface area contributed by atoms with Crippen molar-refractivity contribution in [1.82, 2.24) is 9.95 Å². The molecule has 5 N–H and O–H groups in total. The third-order valence-corrected chi connectivity index (χ3v) is 0.471. The first-order valence-corrected chi connectivity index (χ1v) is 1.73. The van der Waals surface area contributed by atoms with Crippen LogP contribution >= 0.6 is 11.8 Å². The molecule has 0 bridgehead atoms. The van der Waals surface area contributed by atoms with Gasteiger partial charge in [-0.25, -0.2) is 16.5 Å². The summed E-state index contributed by atoms with van der Waals surface area (Å²) in [6.07, 6.45) is 0. The fraction of sp³-hybridized carbons (Fsp3) is 0. The van der Waals surface area contributed by atoms with Crippen molar-refractivity contribution in [3.8, 4) is 0 Å². The van der Waals surface area contributed by atoms with Gasteiger partial charge in [-0.15, -0.1) is 0 Å². The van der Waals surface area contributed by atoms with Gasteiger partial charge in [0, 0.05) is 32.8 Å². The second kappa shape index (κ2) is 5.31. The normalized spacial score (nSPS) is 6.88. The third kappa shape index (κ3) is 4.33. The summed E-state index contributed by atoms with van der Waals surface area (Å²) in [4.78, 5) is 9.94. The monoisotopic (exact) mass is 319 g/mol. The molecule has 0 aliphatic heterocycles. The molecule has 0 aliphatic carbocycles. The van der Waals surface area contributed by atoms with Crippen molar-refractivity contribution in [2.75, 3.05) is 0 Å². The Kier molecular flexibility index (Phi) is 7.32. The van der Waals surface area contributed by atoms with Crippen LogP contribution in [-0.2, 0) is 21.1 Å². The van der Waals surface area contributed by atoms with Crippen molar-refractivity contribution in [2.24, 2.45) is 11.7 Å². The Labute approximate surface area is 65.6 Å². The minimum absolute atomic E-state index is 0. The van der Waals surface area contributed by atoms with Gasteiger partial charge in [-0.1, -0.05) is 0 Å². The van der Waals surface area contributed by atoms with Crippen LogP contribution < -0.4 is 17.1 Å². The maximum atomic E-state index is 9.94. The molecule has 2 amide bonds. The minimum Gasteiger partial charge on any atom is -0.274 e. The summed E-state index contributed by atoms with van der Waals surface area (Å²) in [6.45, 7) is 0. The number of hydrazine groups is 2. The molecule has 0 radical (unpaired) electrons. The summed E-state index contributed by atoms with van der Waals surface area (Å²) in [5.41, 5.74) is 1.69. The van der Waals surface area contributed by atoms with Crippen LogP contribution in [0.15, 0.2) is 0 Å². The van der Waals surface area contributed by atoms with Gasteiger partial charge in [0.15, 0.2) is 0 Å². The van der Waals surface area contributed by atoms with Crippen LogP contribution in [0.25, 0.3) is 0 Å². The Morgan fingerprint density at radius 2 is 2.12 bits per heavy atom. The largest absolute Gasteiger partial charge is 0.360 e. The second-order valence-electron chi connectivity index (χ2n) is 0.761. The molecule has 0 aromatic heterocycles. The molecule has 0 heterocycles. The van der Waals surface area contributed by atoms with Crippen molar-refractivity contribution in [3.63, 3.8) is 0 Å². The molecule has 0 spiro atoms. The zero-order valence-electron chi connectivity index (χ0n) is 3.70. The van der Waals surface area contributed by atoms with Crippen molar-refractivity contribution >= 4 is 17.8 Å². The van der Waals surface area contributed by atoms with Gasteiger partial charge in [-0.3, -0.25) is 5.43 Å². The number of nitrogens with zero attached hydrogens (tertiary/aromatic N) is 1. The fourth-order valence-electron chi connectivity index (χ4n) is 0.0617. The summed E-state index contributed by atoms with van der Waals surface area (Å²) in [6, 6.07) is -0.748. The first-order valence-electron chi connectivity index (χ1n) is 1.39. The first kappa shape index (κ1) is 11.0. The Morgan fingerprint density at radius 3 is 2.12 bits per heavy atom. The zero-order valence-corrected chi connectivity index (χ0v) is 6.73. The number of halogens is 1. The molecule has 0 saturated carbocycles. The van der Waals surface area contributed by atoms with Crippen LogP contribution in [0.2, 0.25) is 0 Å². The smallest absolute Gasteiger partial charge is 0.274 e. The summed E-state index contributed by atoms with van der Waals surface area (Å²) in [5, 5.41) is 0. The number of hydrogen-bond acceptors (Lipinski definition) is 3. The van der Waals surface area contributed by atoms with E-state index in [1.54, 1.807) is 5.43 Å². The van der Waals surface area contributed by atoms with Gasteiger partial charge in [0.05, 0.1) is 0 Å². The number of carbonyl (C=O) groups excluding carboxylic acids is 1. The first-order chi connectivity index (χ1) is 3.18. The molecule has 8 heavy (non-hydrogen) atoms. The molecule has 0 rings (SSSR count). The second-order valence-corrected chi connectivity index (χ2v) is 1.12. The molecule has 0 aromatic rings. The zero-order chi connectivity index (χ0) is 5.86. The summed E-state index contributed by atoms with van der Waals surface area (Å²) in [7, 11) is 0. The summed E-state index contributed by atoms with van der Waals surface area (Å²) in [5.74, 6) is 9.22. The molecule has 5 nitrogen and oxygen atoms in total. The van der Waals surface area contributed by atoms with E-state index in [-0.39, 0.29) is 21.1 Å². The molecular weight excluding hydrogens is 315 g/mol. The van der Waals surface area contributed by atoms with Crippen LogP contribution in [0.4, 0.5) is 4.79 Å². The van der Waals surface area contributed by atoms with E-state index < -0.39 is 6.03 Å². The average molecular weight is 320 g/mol. The van der Waals surface area contributed by atoms with Crippen LogP contribution in [0.5, 0.6) is 0 Å². The number of rotatable bonds is 0. The van der Waals surface area contributed by atoms with E-state index in [1.165, 1.54) is 0 Å². The standard InChI is InChI=1S/CH5ClN4O.Pt/c2-6(4)1(7)5-3;/h3-4H2,(H,5,7);. The number of carbonyl (C=O) groups is 1. The van der Waals surface area contributed by atoms with Crippen LogP contribution in [0, 0.1) is 0 Å². The molecule has 0 atom stereocenters. The molecule has 52 valence electrons. The molecule has 0 saturated heterocycles. The number of nitrogens with two attached hydrogens (primary N) is 2. The topological polar surface area (TPSA) is 84.4 Å². The average Bonchev–Trinajstić information content (AvgIpc) is 1.65. The quantitative estimate of drug-likeness (QED) is 0.229.